The quantitative estimate of drug-likeness (QED) is 0.285. The van der Waals surface area contributed by atoms with Gasteiger partial charge in [-0.05, 0) is 177 Å². The van der Waals surface area contributed by atoms with E-state index in [1.807, 2.05) is 0 Å². The molecule has 0 saturated heterocycles. The summed E-state index contributed by atoms with van der Waals surface area (Å²) >= 11 is 0. The summed E-state index contributed by atoms with van der Waals surface area (Å²) in [6.07, 6.45) is 0. The van der Waals surface area contributed by atoms with E-state index in [9.17, 15) is 0 Å². The van der Waals surface area contributed by atoms with Crippen LogP contribution in [0.2, 0.25) is 0 Å². The van der Waals surface area contributed by atoms with Crippen LogP contribution in [0.15, 0.2) is 42.5 Å². The number of benzene rings is 4. The minimum Gasteiger partial charge on any atom is -0.0610 e. The highest BCUT2D eigenvalue weighted by Crippen LogP contribution is 2.40. The Bertz CT molecular complexity index is 1420. The van der Waals surface area contributed by atoms with Crippen LogP contribution in [-0.4, -0.2) is 0 Å². The van der Waals surface area contributed by atoms with Crippen LogP contribution < -0.4 is 0 Å². The summed E-state index contributed by atoms with van der Waals surface area (Å²) in [5.41, 5.74) is 23.4. The van der Waals surface area contributed by atoms with Gasteiger partial charge in [0.2, 0.25) is 0 Å². The smallest absolute Gasteiger partial charge is 0.0117 e. The number of hydrogen-bond donors (Lipinski definition) is 0. The first-order valence-electron chi connectivity index (χ1n) is 12.8. The van der Waals surface area contributed by atoms with Crippen molar-refractivity contribution in [2.24, 2.45) is 0 Å². The zero-order valence-electron chi connectivity index (χ0n) is 23.5. The second kappa shape index (κ2) is 9.15. The highest BCUT2D eigenvalue weighted by atomic mass is 14.2. The first-order chi connectivity index (χ1) is 16.5. The fourth-order valence-electron chi connectivity index (χ4n) is 5.90. The average Bonchev–Trinajstić information content (AvgIpc) is 2.85. The van der Waals surface area contributed by atoms with Gasteiger partial charge < -0.3 is 0 Å². The molecule has 0 spiro atoms. The Morgan fingerprint density at radius 3 is 1.20 bits per heavy atom. The third-order valence-electron chi connectivity index (χ3n) is 9.07. The molecule has 0 unspecified atom stereocenters. The Morgan fingerprint density at radius 2 is 0.686 bits per heavy atom. The molecule has 0 heterocycles. The van der Waals surface area contributed by atoms with Crippen LogP contribution in [0, 0.1) is 76.2 Å². The third kappa shape index (κ3) is 3.94. The fourth-order valence-corrected chi connectivity index (χ4v) is 5.90. The van der Waals surface area contributed by atoms with Crippen molar-refractivity contribution >= 4 is 0 Å². The van der Waals surface area contributed by atoms with Gasteiger partial charge in [-0.25, -0.2) is 0 Å². The summed E-state index contributed by atoms with van der Waals surface area (Å²) < 4.78 is 0. The van der Waals surface area contributed by atoms with Gasteiger partial charge in [0, 0.05) is 0 Å². The Kier molecular flexibility index (Phi) is 6.54. The first-order valence-corrected chi connectivity index (χ1v) is 12.8. The van der Waals surface area contributed by atoms with Crippen LogP contribution in [0.1, 0.15) is 61.2 Å². The summed E-state index contributed by atoms with van der Waals surface area (Å²) in [5, 5.41) is 0. The first kappa shape index (κ1) is 25.0. The van der Waals surface area contributed by atoms with Gasteiger partial charge in [-0.3, -0.25) is 0 Å². The predicted molar refractivity (Wildman–Crippen MR) is 155 cm³/mol. The summed E-state index contributed by atoms with van der Waals surface area (Å²) in [5.74, 6) is 0. The van der Waals surface area contributed by atoms with Crippen molar-refractivity contribution < 1.29 is 0 Å². The van der Waals surface area contributed by atoms with E-state index in [-0.39, 0.29) is 0 Å². The molecule has 0 saturated carbocycles. The lowest BCUT2D eigenvalue weighted by Gasteiger charge is -2.22. The molecular formula is C35H40. The predicted octanol–water partition coefficient (Wildman–Crippen LogP) is 10.1. The molecule has 0 amide bonds. The molecule has 0 radical (unpaired) electrons. The van der Waals surface area contributed by atoms with Gasteiger partial charge in [0.05, 0.1) is 0 Å². The maximum Gasteiger partial charge on any atom is -0.0117 e. The van der Waals surface area contributed by atoms with E-state index in [0.717, 1.165) is 0 Å². The molecular weight excluding hydrogens is 420 g/mol. The van der Waals surface area contributed by atoms with Crippen molar-refractivity contribution in [3.05, 3.63) is 104 Å². The van der Waals surface area contributed by atoms with Crippen LogP contribution >= 0.6 is 0 Å². The van der Waals surface area contributed by atoms with Gasteiger partial charge in [-0.2, -0.15) is 0 Å². The standard InChI is InChI=1S/C35H40/c1-19-21(3)25(7)34(26(8)22(19)4)31-15-12-14-30(18-31)32-16-13-17-33(29(32)11)35-27(9)23(5)20(2)24(6)28(35)10/h12-18H,1-11H3. The maximum absolute atomic E-state index is 2.39. The van der Waals surface area contributed by atoms with Crippen LogP contribution in [-0.2, 0) is 0 Å². The fraction of sp³-hybridized carbons (Fsp3) is 0.314. The molecule has 0 aliphatic carbocycles. The van der Waals surface area contributed by atoms with Gasteiger partial charge in [-0.1, -0.05) is 36.4 Å². The van der Waals surface area contributed by atoms with Crippen molar-refractivity contribution in [2.75, 3.05) is 0 Å². The maximum atomic E-state index is 2.39. The third-order valence-corrected chi connectivity index (χ3v) is 9.07. The lowest BCUT2D eigenvalue weighted by atomic mass is 9.83. The second-order valence-electron chi connectivity index (χ2n) is 10.6. The largest absolute Gasteiger partial charge is 0.0610 e. The Labute approximate surface area is 213 Å². The lowest BCUT2D eigenvalue weighted by molar-refractivity contribution is 1.17. The normalized spacial score (nSPS) is 11.3. The molecule has 0 aliphatic rings. The molecule has 0 bridgehead atoms. The van der Waals surface area contributed by atoms with Crippen molar-refractivity contribution in [3.8, 4) is 33.4 Å². The van der Waals surface area contributed by atoms with E-state index in [2.05, 4.69) is 119 Å². The molecule has 4 rings (SSSR count). The molecule has 0 heteroatoms. The molecule has 4 aromatic rings. The molecule has 0 fully saturated rings. The average molecular weight is 461 g/mol. The zero-order chi connectivity index (χ0) is 25.8. The minimum absolute atomic E-state index is 1.28. The summed E-state index contributed by atoms with van der Waals surface area (Å²) in [6.45, 7) is 24.9. The molecule has 4 aromatic carbocycles. The lowest BCUT2D eigenvalue weighted by Crippen LogP contribution is -2.01. The summed E-state index contributed by atoms with van der Waals surface area (Å²) in [4.78, 5) is 0. The molecule has 0 atom stereocenters. The topological polar surface area (TPSA) is 0 Å². The Morgan fingerprint density at radius 1 is 0.314 bits per heavy atom. The van der Waals surface area contributed by atoms with Crippen molar-refractivity contribution in [1.29, 1.82) is 0 Å². The van der Waals surface area contributed by atoms with Crippen molar-refractivity contribution in [2.45, 2.75) is 76.2 Å². The molecule has 35 heavy (non-hydrogen) atoms. The van der Waals surface area contributed by atoms with Crippen LogP contribution in [0.4, 0.5) is 0 Å². The summed E-state index contributed by atoms with van der Waals surface area (Å²) in [7, 11) is 0. The van der Waals surface area contributed by atoms with E-state index in [1.165, 1.54) is 94.6 Å². The van der Waals surface area contributed by atoms with E-state index < -0.39 is 0 Å². The highest BCUT2D eigenvalue weighted by molar-refractivity contribution is 5.85. The Hall–Kier alpha value is -3.12. The van der Waals surface area contributed by atoms with Gasteiger partial charge in [0.1, 0.15) is 0 Å². The monoisotopic (exact) mass is 460 g/mol. The van der Waals surface area contributed by atoms with Gasteiger partial charge in [0.15, 0.2) is 0 Å². The second-order valence-corrected chi connectivity index (χ2v) is 10.6. The van der Waals surface area contributed by atoms with E-state index in [4.69, 9.17) is 0 Å². The minimum atomic E-state index is 1.28. The summed E-state index contributed by atoms with van der Waals surface area (Å²) in [6, 6.07) is 15.9. The van der Waals surface area contributed by atoms with E-state index in [1.54, 1.807) is 0 Å². The van der Waals surface area contributed by atoms with Crippen molar-refractivity contribution in [3.63, 3.8) is 0 Å². The van der Waals surface area contributed by atoms with E-state index >= 15 is 0 Å². The van der Waals surface area contributed by atoms with Crippen molar-refractivity contribution in [1.82, 2.24) is 0 Å². The highest BCUT2D eigenvalue weighted by Gasteiger charge is 2.18. The van der Waals surface area contributed by atoms with Gasteiger partial charge in [0.25, 0.3) is 0 Å². The number of rotatable bonds is 3. The molecule has 0 N–H and O–H groups in total. The van der Waals surface area contributed by atoms with Crippen LogP contribution in [0.3, 0.4) is 0 Å². The zero-order valence-corrected chi connectivity index (χ0v) is 23.5. The Balaban J connectivity index is 1.93. The molecule has 0 nitrogen and oxygen atoms in total. The van der Waals surface area contributed by atoms with Gasteiger partial charge >= 0.3 is 0 Å². The van der Waals surface area contributed by atoms with Crippen LogP contribution in [0.5, 0.6) is 0 Å². The molecule has 0 aromatic heterocycles. The number of hydrogen-bond acceptors (Lipinski definition) is 0. The van der Waals surface area contributed by atoms with Gasteiger partial charge in [-0.15, -0.1) is 0 Å². The molecule has 0 aliphatic heterocycles. The van der Waals surface area contributed by atoms with Crippen LogP contribution in [0.25, 0.3) is 33.4 Å². The van der Waals surface area contributed by atoms with E-state index in [0.29, 0.717) is 0 Å². The SMILES string of the molecule is Cc1c(-c2cccc(-c3c(C)c(C)c(C)c(C)c3C)c2)cccc1-c1c(C)c(C)c(C)c(C)c1C. The molecule has 180 valence electrons.